The van der Waals surface area contributed by atoms with E-state index < -0.39 is 5.97 Å². The topological polar surface area (TPSA) is 75.5 Å². The predicted octanol–water partition coefficient (Wildman–Crippen LogP) is 6.75. The highest BCUT2D eigenvalue weighted by molar-refractivity contribution is 5.87. The van der Waals surface area contributed by atoms with Gasteiger partial charge >= 0.3 is 5.97 Å². The number of nitrogens with zero attached hydrogens (tertiary/aromatic N) is 3. The van der Waals surface area contributed by atoms with Crippen molar-refractivity contribution in [2.24, 2.45) is 5.92 Å². The molecule has 0 bridgehead atoms. The number of anilines is 1. The number of rotatable bonds is 8. The van der Waals surface area contributed by atoms with Gasteiger partial charge in [0, 0.05) is 24.3 Å². The number of hydrogen-bond acceptors (Lipinski definition) is 5. The Bertz CT molecular complexity index is 1170. The summed E-state index contributed by atoms with van der Waals surface area (Å²) < 4.78 is 6.23. The van der Waals surface area contributed by atoms with Crippen LogP contribution in [0.1, 0.15) is 74.2 Å². The molecule has 2 aliphatic carbocycles. The summed E-state index contributed by atoms with van der Waals surface area (Å²) in [7, 11) is 0. The van der Waals surface area contributed by atoms with Gasteiger partial charge in [0.15, 0.2) is 0 Å². The van der Waals surface area contributed by atoms with Crippen molar-refractivity contribution in [3.8, 4) is 17.0 Å². The lowest BCUT2D eigenvalue weighted by Gasteiger charge is -2.29. The normalized spacial score (nSPS) is 20.2. The maximum atomic E-state index is 11.5. The van der Waals surface area contributed by atoms with Gasteiger partial charge in [0.25, 0.3) is 0 Å². The summed E-state index contributed by atoms with van der Waals surface area (Å²) in [6.07, 6.45) is 11.5. The smallest absolute Gasteiger partial charge is 0.335 e. The van der Waals surface area contributed by atoms with Gasteiger partial charge in [-0.05, 0) is 92.5 Å². The van der Waals surface area contributed by atoms with Crippen LogP contribution in [-0.2, 0) is 6.54 Å². The molecule has 1 heterocycles. The Morgan fingerprint density at radius 3 is 2.47 bits per heavy atom. The van der Waals surface area contributed by atoms with Gasteiger partial charge in [0.1, 0.15) is 5.75 Å². The fourth-order valence-corrected chi connectivity index (χ4v) is 5.47. The van der Waals surface area contributed by atoms with Crippen LogP contribution >= 0.6 is 0 Å². The average molecular weight is 486 g/mol. The van der Waals surface area contributed by atoms with Crippen LogP contribution < -0.4 is 9.64 Å². The van der Waals surface area contributed by atoms with Crippen LogP contribution in [0, 0.1) is 5.92 Å². The Hall–Kier alpha value is -3.41. The fourth-order valence-electron chi connectivity index (χ4n) is 5.47. The average Bonchev–Trinajstić information content (AvgIpc) is 3.44. The van der Waals surface area contributed by atoms with Crippen molar-refractivity contribution in [3.05, 3.63) is 71.9 Å². The monoisotopic (exact) mass is 485 g/mol. The van der Waals surface area contributed by atoms with Crippen LogP contribution in [0.5, 0.6) is 5.75 Å². The van der Waals surface area contributed by atoms with E-state index in [9.17, 15) is 9.90 Å². The molecule has 0 saturated heterocycles. The van der Waals surface area contributed by atoms with Crippen molar-refractivity contribution < 1.29 is 14.6 Å². The van der Waals surface area contributed by atoms with Crippen molar-refractivity contribution in [2.75, 3.05) is 4.90 Å². The molecule has 0 radical (unpaired) electrons. The van der Waals surface area contributed by atoms with Gasteiger partial charge in [-0.2, -0.15) is 0 Å². The highest BCUT2D eigenvalue weighted by Crippen LogP contribution is 2.31. The second-order valence-electron chi connectivity index (χ2n) is 10.3. The van der Waals surface area contributed by atoms with Crippen molar-refractivity contribution in [1.29, 1.82) is 0 Å². The largest absolute Gasteiger partial charge is 0.490 e. The van der Waals surface area contributed by atoms with Gasteiger partial charge in [0.2, 0.25) is 5.95 Å². The third kappa shape index (κ3) is 5.86. The zero-order valence-corrected chi connectivity index (χ0v) is 21.0. The number of ether oxygens (including phenoxy) is 1. The third-order valence-electron chi connectivity index (χ3n) is 7.61. The molecular weight excluding hydrogens is 450 g/mol. The number of carboxylic acids is 1. The molecular formula is C30H35N3O3. The van der Waals surface area contributed by atoms with Gasteiger partial charge in [-0.1, -0.05) is 31.9 Å². The van der Waals surface area contributed by atoms with Crippen molar-refractivity contribution in [1.82, 2.24) is 9.97 Å². The lowest BCUT2D eigenvalue weighted by molar-refractivity contribution is 0.0696. The highest BCUT2D eigenvalue weighted by Gasteiger charge is 2.25. The van der Waals surface area contributed by atoms with Gasteiger partial charge < -0.3 is 14.7 Å². The second-order valence-corrected chi connectivity index (χ2v) is 10.3. The van der Waals surface area contributed by atoms with E-state index in [4.69, 9.17) is 9.72 Å². The Balaban J connectivity index is 1.34. The molecule has 6 nitrogen and oxygen atoms in total. The first-order valence-electron chi connectivity index (χ1n) is 13.2. The summed E-state index contributed by atoms with van der Waals surface area (Å²) in [5.74, 6) is 1.51. The van der Waals surface area contributed by atoms with Crippen LogP contribution in [0.3, 0.4) is 0 Å². The number of aromatic carboxylic acids is 1. The van der Waals surface area contributed by atoms with Gasteiger partial charge in [0.05, 0.1) is 17.4 Å². The quantitative estimate of drug-likeness (QED) is 0.380. The minimum absolute atomic E-state index is 0.304. The Kier molecular flexibility index (Phi) is 7.49. The first-order valence-corrected chi connectivity index (χ1v) is 13.2. The molecule has 0 aliphatic heterocycles. The maximum Gasteiger partial charge on any atom is 0.335 e. The van der Waals surface area contributed by atoms with E-state index in [1.54, 1.807) is 18.2 Å². The molecule has 3 aromatic rings. The molecule has 2 aromatic carbocycles. The van der Waals surface area contributed by atoms with E-state index in [1.165, 1.54) is 25.7 Å². The predicted molar refractivity (Wildman–Crippen MR) is 141 cm³/mol. The maximum absolute atomic E-state index is 11.5. The minimum atomic E-state index is -0.909. The van der Waals surface area contributed by atoms with Crippen LogP contribution in [-0.4, -0.2) is 33.2 Å². The van der Waals surface area contributed by atoms with E-state index >= 15 is 0 Å². The fraction of sp³-hybridized carbons (Fsp3) is 0.433. The van der Waals surface area contributed by atoms with Crippen LogP contribution in [0.15, 0.2) is 60.8 Å². The molecule has 1 aromatic heterocycles. The van der Waals surface area contributed by atoms with Gasteiger partial charge in [-0.15, -0.1) is 0 Å². The van der Waals surface area contributed by atoms with E-state index in [0.29, 0.717) is 30.2 Å². The van der Waals surface area contributed by atoms with Crippen molar-refractivity contribution >= 4 is 11.9 Å². The van der Waals surface area contributed by atoms with Gasteiger partial charge in [-0.25, -0.2) is 14.8 Å². The number of carboxylic acid groups (broad SMARTS) is 1. The highest BCUT2D eigenvalue weighted by atomic mass is 16.5. The summed E-state index contributed by atoms with van der Waals surface area (Å²) >= 11 is 0. The molecule has 0 unspecified atom stereocenters. The molecule has 6 heteroatoms. The molecule has 0 amide bonds. The van der Waals surface area contributed by atoms with Crippen molar-refractivity contribution in [2.45, 2.75) is 77.0 Å². The van der Waals surface area contributed by atoms with Gasteiger partial charge in [-0.3, -0.25) is 0 Å². The van der Waals surface area contributed by atoms with Crippen molar-refractivity contribution in [3.63, 3.8) is 0 Å². The standard InChI is InChI=1S/C30H35N3O3/c1-21-9-13-26(14-10-21)36-27-15-11-23(12-16-27)28-17-18-31-30(32-28)33(25-7-2-3-8-25)20-22-5-4-6-24(19-22)29(34)35/h4-6,11-12,15-19,21,25-26H,2-3,7-10,13-14,20H2,1H3,(H,34,35)/t21-,26-. The molecule has 1 N–H and O–H groups in total. The molecule has 5 rings (SSSR count). The zero-order chi connectivity index (χ0) is 24.9. The first kappa shape index (κ1) is 24.3. The summed E-state index contributed by atoms with van der Waals surface area (Å²) in [6.45, 7) is 2.91. The SMILES string of the molecule is C[C@H]1CC[C@H](Oc2ccc(-c3ccnc(N(Cc4cccc(C(=O)O)c4)C4CCCC4)n3)cc2)CC1. The minimum Gasteiger partial charge on any atom is -0.490 e. The Morgan fingerprint density at radius 2 is 1.75 bits per heavy atom. The number of aromatic nitrogens is 2. The number of hydrogen-bond donors (Lipinski definition) is 1. The van der Waals surface area contributed by atoms with Crippen LogP contribution in [0.25, 0.3) is 11.3 Å². The van der Waals surface area contributed by atoms with E-state index in [0.717, 1.165) is 54.2 Å². The summed E-state index contributed by atoms with van der Waals surface area (Å²) in [5, 5.41) is 9.41. The van der Waals surface area contributed by atoms with Crippen LogP contribution in [0.2, 0.25) is 0 Å². The lowest BCUT2D eigenvalue weighted by atomic mass is 9.89. The Morgan fingerprint density at radius 1 is 1.00 bits per heavy atom. The molecule has 2 saturated carbocycles. The Labute approximate surface area is 213 Å². The van der Waals surface area contributed by atoms with E-state index in [1.807, 2.05) is 30.5 Å². The molecule has 0 atom stereocenters. The summed E-state index contributed by atoms with van der Waals surface area (Å²) in [6, 6.07) is 17.7. The summed E-state index contributed by atoms with van der Waals surface area (Å²) in [5.41, 5.74) is 3.16. The lowest BCUT2D eigenvalue weighted by Crippen LogP contribution is -2.34. The van der Waals surface area contributed by atoms with Crippen LogP contribution in [0.4, 0.5) is 5.95 Å². The summed E-state index contributed by atoms with van der Waals surface area (Å²) in [4.78, 5) is 23.3. The number of benzene rings is 2. The molecule has 2 fully saturated rings. The molecule has 0 spiro atoms. The van der Waals surface area contributed by atoms with E-state index in [2.05, 4.69) is 28.9 Å². The first-order chi connectivity index (χ1) is 17.5. The third-order valence-corrected chi connectivity index (χ3v) is 7.61. The zero-order valence-electron chi connectivity index (χ0n) is 21.0. The van der Waals surface area contributed by atoms with E-state index in [-0.39, 0.29) is 0 Å². The molecule has 36 heavy (non-hydrogen) atoms. The second kappa shape index (κ2) is 11.1. The molecule has 188 valence electrons. The number of carbonyl (C=O) groups is 1. The molecule has 2 aliphatic rings.